The fraction of sp³-hybridized carbons (Fsp3) is 0.667. The molecule has 0 radical (unpaired) electrons. The number of nitrogens with one attached hydrogen (secondary N) is 2. The molecule has 5 nitrogen and oxygen atoms in total. The lowest BCUT2D eigenvalue weighted by atomic mass is 10.2. The minimum atomic E-state index is 0.309. The normalized spacial score (nSPS) is 10.2. The van der Waals surface area contributed by atoms with Crippen LogP contribution in [0.4, 0.5) is 17.6 Å². The van der Waals surface area contributed by atoms with Crippen LogP contribution in [0.2, 0.25) is 0 Å². The molecule has 0 bridgehead atoms. The SMILES string of the molecule is CCCCCNc1cc(NCCC)nc(N)n1. The molecule has 0 spiro atoms. The number of anilines is 3. The molecule has 0 unspecified atom stereocenters. The van der Waals surface area contributed by atoms with Gasteiger partial charge in [-0.1, -0.05) is 26.7 Å². The highest BCUT2D eigenvalue weighted by atomic mass is 15.1. The first-order valence-electron chi connectivity index (χ1n) is 6.38. The maximum atomic E-state index is 5.66. The number of unbranched alkanes of at least 4 members (excludes halogenated alkanes) is 2. The second kappa shape index (κ2) is 7.70. The molecule has 1 aromatic rings. The van der Waals surface area contributed by atoms with Gasteiger partial charge in [-0.2, -0.15) is 9.97 Å². The average molecular weight is 237 g/mol. The highest BCUT2D eigenvalue weighted by Crippen LogP contribution is 2.12. The van der Waals surface area contributed by atoms with E-state index in [4.69, 9.17) is 5.73 Å². The third kappa shape index (κ3) is 5.38. The summed E-state index contributed by atoms with van der Waals surface area (Å²) in [4.78, 5) is 8.29. The molecule has 96 valence electrons. The number of hydrogen-bond acceptors (Lipinski definition) is 5. The van der Waals surface area contributed by atoms with E-state index in [1.165, 1.54) is 12.8 Å². The van der Waals surface area contributed by atoms with Crippen LogP contribution in [-0.4, -0.2) is 23.1 Å². The second-order valence-electron chi connectivity index (χ2n) is 4.06. The van der Waals surface area contributed by atoms with Gasteiger partial charge in [0.25, 0.3) is 0 Å². The van der Waals surface area contributed by atoms with Crippen molar-refractivity contribution in [2.24, 2.45) is 0 Å². The molecule has 4 N–H and O–H groups in total. The zero-order valence-corrected chi connectivity index (χ0v) is 10.8. The number of nitrogens with two attached hydrogens (primary N) is 1. The molecule has 0 aliphatic carbocycles. The van der Waals surface area contributed by atoms with Crippen molar-refractivity contribution in [3.8, 4) is 0 Å². The van der Waals surface area contributed by atoms with Crippen LogP contribution in [0.1, 0.15) is 39.5 Å². The third-order valence-corrected chi connectivity index (χ3v) is 2.39. The van der Waals surface area contributed by atoms with Crippen molar-refractivity contribution in [1.29, 1.82) is 0 Å². The Morgan fingerprint density at radius 1 is 1.00 bits per heavy atom. The summed E-state index contributed by atoms with van der Waals surface area (Å²) in [5.74, 6) is 1.90. The Kier molecular flexibility index (Phi) is 6.14. The van der Waals surface area contributed by atoms with Crippen LogP contribution in [0.25, 0.3) is 0 Å². The molecule has 0 aliphatic rings. The minimum absolute atomic E-state index is 0.309. The van der Waals surface area contributed by atoms with Gasteiger partial charge in [0.05, 0.1) is 0 Å². The van der Waals surface area contributed by atoms with Gasteiger partial charge in [-0.15, -0.1) is 0 Å². The molecule has 0 aliphatic heterocycles. The number of rotatable bonds is 8. The molecule has 0 atom stereocenters. The molecule has 17 heavy (non-hydrogen) atoms. The molecule has 1 heterocycles. The molecule has 0 saturated carbocycles. The molecule has 0 fully saturated rings. The fourth-order valence-corrected chi connectivity index (χ4v) is 1.49. The van der Waals surface area contributed by atoms with Crippen LogP contribution in [0, 0.1) is 0 Å². The monoisotopic (exact) mass is 237 g/mol. The van der Waals surface area contributed by atoms with Gasteiger partial charge in [-0.3, -0.25) is 0 Å². The first kappa shape index (κ1) is 13.5. The first-order valence-corrected chi connectivity index (χ1v) is 6.38. The van der Waals surface area contributed by atoms with Crippen molar-refractivity contribution in [1.82, 2.24) is 9.97 Å². The van der Waals surface area contributed by atoms with E-state index >= 15 is 0 Å². The molecule has 5 heteroatoms. The number of nitrogen functional groups attached to an aromatic ring is 1. The van der Waals surface area contributed by atoms with E-state index in [0.717, 1.165) is 37.6 Å². The van der Waals surface area contributed by atoms with Crippen LogP contribution >= 0.6 is 0 Å². The maximum Gasteiger partial charge on any atom is 0.223 e. The van der Waals surface area contributed by atoms with E-state index in [2.05, 4.69) is 34.4 Å². The van der Waals surface area contributed by atoms with E-state index in [-0.39, 0.29) is 0 Å². The Hall–Kier alpha value is -1.52. The summed E-state index contributed by atoms with van der Waals surface area (Å²) in [5, 5.41) is 6.47. The molecule has 0 saturated heterocycles. The van der Waals surface area contributed by atoms with Crippen molar-refractivity contribution in [2.45, 2.75) is 39.5 Å². The molecular weight excluding hydrogens is 214 g/mol. The Bertz CT molecular complexity index is 327. The van der Waals surface area contributed by atoms with Crippen LogP contribution < -0.4 is 16.4 Å². The quantitative estimate of drug-likeness (QED) is 0.606. The van der Waals surface area contributed by atoms with Crippen LogP contribution in [-0.2, 0) is 0 Å². The predicted molar refractivity (Wildman–Crippen MR) is 73.2 cm³/mol. The maximum absolute atomic E-state index is 5.66. The Morgan fingerprint density at radius 2 is 1.65 bits per heavy atom. The van der Waals surface area contributed by atoms with Gasteiger partial charge in [0, 0.05) is 19.2 Å². The summed E-state index contributed by atoms with van der Waals surface area (Å²) >= 11 is 0. The first-order chi connectivity index (χ1) is 8.26. The Balaban J connectivity index is 2.50. The lowest BCUT2D eigenvalue weighted by molar-refractivity contribution is 0.742. The van der Waals surface area contributed by atoms with Gasteiger partial charge in [0.15, 0.2) is 0 Å². The largest absolute Gasteiger partial charge is 0.370 e. The van der Waals surface area contributed by atoms with Gasteiger partial charge >= 0.3 is 0 Å². The number of hydrogen-bond donors (Lipinski definition) is 3. The van der Waals surface area contributed by atoms with E-state index in [1.54, 1.807) is 0 Å². The van der Waals surface area contributed by atoms with Gasteiger partial charge < -0.3 is 16.4 Å². The summed E-state index contributed by atoms with van der Waals surface area (Å²) in [6.45, 7) is 6.13. The summed E-state index contributed by atoms with van der Waals surface area (Å²) in [6, 6.07) is 1.90. The Labute approximate surface area is 103 Å². The van der Waals surface area contributed by atoms with Gasteiger partial charge in [0.2, 0.25) is 5.95 Å². The zero-order valence-electron chi connectivity index (χ0n) is 10.8. The minimum Gasteiger partial charge on any atom is -0.370 e. The molecule has 1 rings (SSSR count). The molecule has 0 aromatic carbocycles. The van der Waals surface area contributed by atoms with E-state index in [1.807, 2.05) is 6.07 Å². The molecule has 0 amide bonds. The zero-order chi connectivity index (χ0) is 12.5. The van der Waals surface area contributed by atoms with Gasteiger partial charge in [-0.25, -0.2) is 0 Å². The van der Waals surface area contributed by atoms with Crippen LogP contribution in [0.15, 0.2) is 6.07 Å². The smallest absolute Gasteiger partial charge is 0.223 e. The van der Waals surface area contributed by atoms with E-state index in [0.29, 0.717) is 5.95 Å². The van der Waals surface area contributed by atoms with Gasteiger partial charge in [-0.05, 0) is 12.8 Å². The number of nitrogens with zero attached hydrogens (tertiary/aromatic N) is 2. The third-order valence-electron chi connectivity index (χ3n) is 2.39. The average Bonchev–Trinajstić information content (AvgIpc) is 2.31. The summed E-state index contributed by atoms with van der Waals surface area (Å²) in [6.07, 6.45) is 4.66. The fourth-order valence-electron chi connectivity index (χ4n) is 1.49. The highest BCUT2D eigenvalue weighted by molar-refractivity contribution is 5.50. The molecular formula is C12H23N5. The topological polar surface area (TPSA) is 75.9 Å². The predicted octanol–water partition coefficient (Wildman–Crippen LogP) is 2.48. The summed E-state index contributed by atoms with van der Waals surface area (Å²) < 4.78 is 0. The Morgan fingerprint density at radius 3 is 2.24 bits per heavy atom. The van der Waals surface area contributed by atoms with Crippen molar-refractivity contribution >= 4 is 17.6 Å². The van der Waals surface area contributed by atoms with Crippen molar-refractivity contribution < 1.29 is 0 Å². The van der Waals surface area contributed by atoms with Crippen LogP contribution in [0.5, 0.6) is 0 Å². The lowest BCUT2D eigenvalue weighted by Gasteiger charge is -2.09. The van der Waals surface area contributed by atoms with E-state index < -0.39 is 0 Å². The van der Waals surface area contributed by atoms with Crippen molar-refractivity contribution in [3.63, 3.8) is 0 Å². The second-order valence-corrected chi connectivity index (χ2v) is 4.06. The lowest BCUT2D eigenvalue weighted by Crippen LogP contribution is -2.09. The number of aromatic nitrogens is 2. The van der Waals surface area contributed by atoms with Gasteiger partial charge in [0.1, 0.15) is 11.6 Å². The highest BCUT2D eigenvalue weighted by Gasteiger charge is 2.01. The van der Waals surface area contributed by atoms with Crippen LogP contribution in [0.3, 0.4) is 0 Å². The molecule has 1 aromatic heterocycles. The van der Waals surface area contributed by atoms with E-state index in [9.17, 15) is 0 Å². The summed E-state index contributed by atoms with van der Waals surface area (Å²) in [5.41, 5.74) is 5.66. The standard InChI is InChI=1S/C12H23N5/c1-3-5-6-8-15-11-9-10(14-7-4-2)16-12(13)17-11/h9H,3-8H2,1-2H3,(H4,13,14,15,16,17). The summed E-state index contributed by atoms with van der Waals surface area (Å²) in [7, 11) is 0. The van der Waals surface area contributed by atoms with Crippen molar-refractivity contribution in [3.05, 3.63) is 6.07 Å². The van der Waals surface area contributed by atoms with Crippen molar-refractivity contribution in [2.75, 3.05) is 29.5 Å².